The van der Waals surface area contributed by atoms with Crippen LogP contribution in [0, 0.1) is 6.92 Å². The van der Waals surface area contributed by atoms with Crippen LogP contribution in [-0.2, 0) is 6.42 Å². The normalized spacial score (nSPS) is 12.6. The fraction of sp³-hybridized carbons (Fsp3) is 0.455. The van der Waals surface area contributed by atoms with E-state index in [-0.39, 0.29) is 6.10 Å². The summed E-state index contributed by atoms with van der Waals surface area (Å²) in [5, 5.41) is 9.23. The Bertz CT molecular complexity index is 279. The zero-order chi connectivity index (χ0) is 9.84. The van der Waals surface area contributed by atoms with Crippen molar-refractivity contribution >= 4 is 0 Å². The van der Waals surface area contributed by atoms with E-state index in [1.165, 1.54) is 11.1 Å². The van der Waals surface area contributed by atoms with Gasteiger partial charge in [-0.3, -0.25) is 0 Å². The minimum absolute atomic E-state index is 0.285. The van der Waals surface area contributed by atoms with Crippen LogP contribution < -0.4 is 4.74 Å². The predicted octanol–water partition coefficient (Wildman–Crippen LogP) is 1.93. The first-order valence-corrected chi connectivity index (χ1v) is 4.45. The van der Waals surface area contributed by atoms with E-state index >= 15 is 0 Å². The summed E-state index contributed by atoms with van der Waals surface area (Å²) in [7, 11) is 1.66. The van der Waals surface area contributed by atoms with Gasteiger partial charge in [-0.2, -0.15) is 0 Å². The van der Waals surface area contributed by atoms with Gasteiger partial charge in [0.05, 0.1) is 13.2 Å². The molecular weight excluding hydrogens is 164 g/mol. The van der Waals surface area contributed by atoms with Crippen molar-refractivity contribution in [2.24, 2.45) is 0 Å². The first-order chi connectivity index (χ1) is 6.13. The molecule has 2 nitrogen and oxygen atoms in total. The van der Waals surface area contributed by atoms with Crippen LogP contribution in [0.4, 0.5) is 0 Å². The van der Waals surface area contributed by atoms with E-state index in [1.807, 2.05) is 25.1 Å². The lowest BCUT2D eigenvalue weighted by atomic mass is 10.0. The highest BCUT2D eigenvalue weighted by Gasteiger charge is 2.03. The summed E-state index contributed by atoms with van der Waals surface area (Å²) < 4.78 is 5.09. The number of hydrogen-bond donors (Lipinski definition) is 1. The molecule has 0 aromatic heterocycles. The molecule has 0 spiro atoms. The van der Waals surface area contributed by atoms with Gasteiger partial charge in [0.25, 0.3) is 0 Å². The van der Waals surface area contributed by atoms with Crippen molar-refractivity contribution in [3.05, 3.63) is 29.3 Å². The number of aliphatic hydroxyl groups excluding tert-OH is 1. The molecule has 0 aliphatic heterocycles. The fourth-order valence-electron chi connectivity index (χ4n) is 1.34. The number of benzene rings is 1. The molecule has 2 heteroatoms. The summed E-state index contributed by atoms with van der Waals surface area (Å²) in [5.41, 5.74) is 2.34. The lowest BCUT2D eigenvalue weighted by Crippen LogP contribution is -2.05. The summed E-state index contributed by atoms with van der Waals surface area (Å²) in [4.78, 5) is 0. The molecule has 0 amide bonds. The third-order valence-corrected chi connectivity index (χ3v) is 2.07. The standard InChI is InChI=1S/C11H16O2/c1-8-6-11(13-3)5-4-10(8)7-9(2)12/h4-6,9,12H,7H2,1-3H3. The van der Waals surface area contributed by atoms with Crippen molar-refractivity contribution < 1.29 is 9.84 Å². The third-order valence-electron chi connectivity index (χ3n) is 2.07. The lowest BCUT2D eigenvalue weighted by Gasteiger charge is -2.09. The smallest absolute Gasteiger partial charge is 0.119 e. The van der Waals surface area contributed by atoms with Gasteiger partial charge in [0.2, 0.25) is 0 Å². The molecule has 1 rings (SSSR count). The van der Waals surface area contributed by atoms with Crippen molar-refractivity contribution in [2.45, 2.75) is 26.4 Å². The van der Waals surface area contributed by atoms with Gasteiger partial charge in [0, 0.05) is 0 Å². The average Bonchev–Trinajstić information content (AvgIpc) is 2.08. The Kier molecular flexibility index (Phi) is 3.32. The molecule has 0 saturated carbocycles. The topological polar surface area (TPSA) is 29.5 Å². The van der Waals surface area contributed by atoms with Crippen molar-refractivity contribution in [1.29, 1.82) is 0 Å². The maximum absolute atomic E-state index is 9.23. The highest BCUT2D eigenvalue weighted by molar-refractivity contribution is 5.35. The molecule has 0 radical (unpaired) electrons. The van der Waals surface area contributed by atoms with E-state index in [1.54, 1.807) is 14.0 Å². The van der Waals surface area contributed by atoms with Gasteiger partial charge in [-0.15, -0.1) is 0 Å². The van der Waals surface area contributed by atoms with Gasteiger partial charge in [0.1, 0.15) is 5.75 Å². The van der Waals surface area contributed by atoms with Crippen LogP contribution in [-0.4, -0.2) is 18.3 Å². The molecule has 1 atom stereocenters. The highest BCUT2D eigenvalue weighted by Crippen LogP contribution is 2.17. The second-order valence-electron chi connectivity index (χ2n) is 3.35. The number of aliphatic hydroxyl groups is 1. The van der Waals surface area contributed by atoms with Gasteiger partial charge < -0.3 is 9.84 Å². The Morgan fingerprint density at radius 2 is 2.15 bits per heavy atom. The largest absolute Gasteiger partial charge is 0.497 e. The maximum atomic E-state index is 9.23. The molecule has 0 bridgehead atoms. The lowest BCUT2D eigenvalue weighted by molar-refractivity contribution is 0.195. The molecule has 1 N–H and O–H groups in total. The molecule has 0 aliphatic carbocycles. The van der Waals surface area contributed by atoms with Gasteiger partial charge in [0.15, 0.2) is 0 Å². The molecule has 1 aromatic rings. The van der Waals surface area contributed by atoms with Crippen LogP contribution in [0.15, 0.2) is 18.2 Å². The molecule has 0 heterocycles. The van der Waals surface area contributed by atoms with Crippen molar-refractivity contribution in [2.75, 3.05) is 7.11 Å². The van der Waals surface area contributed by atoms with Gasteiger partial charge in [-0.1, -0.05) is 6.07 Å². The van der Waals surface area contributed by atoms with Gasteiger partial charge in [-0.25, -0.2) is 0 Å². The molecule has 0 aliphatic rings. The second kappa shape index (κ2) is 4.28. The van der Waals surface area contributed by atoms with E-state index < -0.39 is 0 Å². The minimum Gasteiger partial charge on any atom is -0.497 e. The minimum atomic E-state index is -0.285. The Morgan fingerprint density at radius 1 is 1.46 bits per heavy atom. The Hall–Kier alpha value is -1.02. The summed E-state index contributed by atoms with van der Waals surface area (Å²) >= 11 is 0. The fourth-order valence-corrected chi connectivity index (χ4v) is 1.34. The van der Waals surface area contributed by atoms with Crippen LogP contribution in [0.3, 0.4) is 0 Å². The van der Waals surface area contributed by atoms with Crippen LogP contribution in [0.25, 0.3) is 0 Å². The summed E-state index contributed by atoms with van der Waals surface area (Å²) in [6.45, 7) is 3.82. The summed E-state index contributed by atoms with van der Waals surface area (Å²) in [6.07, 6.45) is 0.419. The Balaban J connectivity index is 2.85. The molecular formula is C11H16O2. The summed E-state index contributed by atoms with van der Waals surface area (Å²) in [6, 6.07) is 5.91. The average molecular weight is 180 g/mol. The molecule has 1 unspecified atom stereocenters. The third kappa shape index (κ3) is 2.74. The Labute approximate surface area is 79.2 Å². The first-order valence-electron chi connectivity index (χ1n) is 4.45. The molecule has 0 saturated heterocycles. The van der Waals surface area contributed by atoms with E-state index in [0.29, 0.717) is 6.42 Å². The molecule has 0 fully saturated rings. The van der Waals surface area contributed by atoms with Crippen molar-refractivity contribution in [1.82, 2.24) is 0 Å². The van der Waals surface area contributed by atoms with Gasteiger partial charge in [-0.05, 0) is 43.5 Å². The predicted molar refractivity (Wildman–Crippen MR) is 53.1 cm³/mol. The van der Waals surface area contributed by atoms with E-state index in [4.69, 9.17) is 4.74 Å². The number of aryl methyl sites for hydroxylation is 1. The molecule has 72 valence electrons. The first kappa shape index (κ1) is 10.1. The number of ether oxygens (including phenoxy) is 1. The van der Waals surface area contributed by atoms with Crippen LogP contribution in [0.5, 0.6) is 5.75 Å². The SMILES string of the molecule is COc1ccc(CC(C)O)c(C)c1. The zero-order valence-corrected chi connectivity index (χ0v) is 8.37. The van der Waals surface area contributed by atoms with Crippen LogP contribution >= 0.6 is 0 Å². The van der Waals surface area contributed by atoms with Crippen LogP contribution in [0.2, 0.25) is 0 Å². The highest BCUT2D eigenvalue weighted by atomic mass is 16.5. The maximum Gasteiger partial charge on any atom is 0.119 e. The molecule has 13 heavy (non-hydrogen) atoms. The van der Waals surface area contributed by atoms with Crippen LogP contribution in [0.1, 0.15) is 18.1 Å². The van der Waals surface area contributed by atoms with Crippen molar-refractivity contribution in [3.63, 3.8) is 0 Å². The van der Waals surface area contributed by atoms with Gasteiger partial charge >= 0.3 is 0 Å². The molecule has 1 aromatic carbocycles. The number of methoxy groups -OCH3 is 1. The summed E-state index contributed by atoms with van der Waals surface area (Å²) in [5.74, 6) is 0.867. The van der Waals surface area contributed by atoms with E-state index in [2.05, 4.69) is 0 Å². The number of rotatable bonds is 3. The monoisotopic (exact) mass is 180 g/mol. The quantitative estimate of drug-likeness (QED) is 0.770. The second-order valence-corrected chi connectivity index (χ2v) is 3.35. The Morgan fingerprint density at radius 3 is 2.62 bits per heavy atom. The zero-order valence-electron chi connectivity index (χ0n) is 8.37. The van der Waals surface area contributed by atoms with E-state index in [0.717, 1.165) is 5.75 Å². The van der Waals surface area contributed by atoms with E-state index in [9.17, 15) is 5.11 Å². The van der Waals surface area contributed by atoms with Crippen molar-refractivity contribution in [3.8, 4) is 5.75 Å². The number of hydrogen-bond acceptors (Lipinski definition) is 2.